The van der Waals surface area contributed by atoms with Crippen molar-refractivity contribution in [2.75, 3.05) is 0 Å². The molecule has 34 heavy (non-hydrogen) atoms. The molecule has 3 aromatic heterocycles. The topological polar surface area (TPSA) is 72.7 Å². The van der Waals surface area contributed by atoms with E-state index < -0.39 is 41.0 Å². The lowest BCUT2D eigenvalue weighted by molar-refractivity contribution is -0.605. The van der Waals surface area contributed by atoms with Gasteiger partial charge in [-0.1, -0.05) is 6.07 Å². The van der Waals surface area contributed by atoms with E-state index in [1.807, 2.05) is 0 Å². The zero-order valence-corrected chi connectivity index (χ0v) is 17.8. The summed E-state index contributed by atoms with van der Waals surface area (Å²) >= 11 is 1.04. The Bertz CT molecular complexity index is 1480. The zero-order valence-electron chi connectivity index (χ0n) is 16.9. The fraction of sp³-hybridized carbons (Fsp3) is 0.0870. The molecular formula is C23H12F5N3O2S. The second kappa shape index (κ2) is 8.72. The van der Waals surface area contributed by atoms with Crippen molar-refractivity contribution >= 4 is 11.3 Å². The first-order valence-electron chi connectivity index (χ1n) is 9.57. The summed E-state index contributed by atoms with van der Waals surface area (Å²) in [5.74, 6) is -1.84. The van der Waals surface area contributed by atoms with Crippen molar-refractivity contribution in [3.05, 3.63) is 105 Å². The predicted molar refractivity (Wildman–Crippen MR) is 114 cm³/mol. The van der Waals surface area contributed by atoms with Crippen molar-refractivity contribution in [3.63, 3.8) is 0 Å². The maximum Gasteiger partial charge on any atom is 0.417 e. The number of benzene rings is 1. The summed E-state index contributed by atoms with van der Waals surface area (Å²) < 4.78 is 70.0. The molecule has 4 rings (SSSR count). The van der Waals surface area contributed by atoms with Crippen LogP contribution < -0.4 is 10.3 Å². The Hall–Kier alpha value is -4.04. The van der Waals surface area contributed by atoms with Gasteiger partial charge in [0.25, 0.3) is 5.56 Å². The van der Waals surface area contributed by atoms with E-state index in [1.54, 1.807) is 6.07 Å². The van der Waals surface area contributed by atoms with Gasteiger partial charge >= 0.3 is 6.18 Å². The number of rotatable bonds is 4. The highest BCUT2D eigenvalue weighted by Crippen LogP contribution is 2.38. The smallest absolute Gasteiger partial charge is 0.417 e. The Labute approximate surface area is 192 Å². The summed E-state index contributed by atoms with van der Waals surface area (Å²) in [6.45, 7) is -0.526. The van der Waals surface area contributed by atoms with Gasteiger partial charge in [-0.3, -0.25) is 4.79 Å². The molecule has 0 spiro atoms. The quantitative estimate of drug-likeness (QED) is 0.228. The first-order valence-corrected chi connectivity index (χ1v) is 10.4. The van der Waals surface area contributed by atoms with E-state index in [0.29, 0.717) is 27.3 Å². The number of nitriles is 1. The Morgan fingerprint density at radius 3 is 2.32 bits per heavy atom. The molecule has 0 aliphatic heterocycles. The van der Waals surface area contributed by atoms with Crippen LogP contribution in [0.2, 0.25) is 0 Å². The van der Waals surface area contributed by atoms with Crippen molar-refractivity contribution < 1.29 is 26.7 Å². The summed E-state index contributed by atoms with van der Waals surface area (Å²) in [4.78, 5) is 13.8. The molecule has 0 aliphatic carbocycles. The van der Waals surface area contributed by atoms with Crippen molar-refractivity contribution in [3.8, 4) is 27.1 Å². The van der Waals surface area contributed by atoms with Gasteiger partial charge in [0.1, 0.15) is 23.3 Å². The molecule has 5 nitrogen and oxygen atoms in total. The number of pyridine rings is 2. The molecule has 172 valence electrons. The standard InChI is InChI=1S/C23H12F5N3O2S/c24-15-2-1-14(18(25)9-15)12-31-19(10-17(23(26,27)28)16(11-29)22(31)32)21-4-3-20(34-21)13-5-7-30(33)8-6-13/h1-10H,12H2. The number of nitrogens with zero attached hydrogens (tertiary/aromatic N) is 3. The minimum Gasteiger partial charge on any atom is -0.619 e. The van der Waals surface area contributed by atoms with E-state index in [4.69, 9.17) is 0 Å². The molecule has 0 bridgehead atoms. The average molecular weight is 489 g/mol. The van der Waals surface area contributed by atoms with Crippen LogP contribution in [0.25, 0.3) is 21.0 Å². The molecule has 0 aliphatic rings. The second-order valence-corrected chi connectivity index (χ2v) is 8.25. The van der Waals surface area contributed by atoms with Gasteiger partial charge in [-0.2, -0.15) is 23.2 Å². The normalized spacial score (nSPS) is 11.4. The van der Waals surface area contributed by atoms with E-state index in [1.165, 1.54) is 36.7 Å². The van der Waals surface area contributed by atoms with Gasteiger partial charge in [0.2, 0.25) is 0 Å². The molecule has 0 saturated heterocycles. The number of aromatic nitrogens is 2. The highest BCUT2D eigenvalue weighted by atomic mass is 32.1. The van der Waals surface area contributed by atoms with Gasteiger partial charge in [0, 0.05) is 34.2 Å². The van der Waals surface area contributed by atoms with Gasteiger partial charge in [0.15, 0.2) is 12.4 Å². The van der Waals surface area contributed by atoms with Crippen LogP contribution in [0.15, 0.2) is 65.7 Å². The van der Waals surface area contributed by atoms with Crippen LogP contribution in [0.3, 0.4) is 0 Å². The first kappa shape index (κ1) is 23.1. The lowest BCUT2D eigenvalue weighted by Gasteiger charge is -2.17. The molecular weight excluding hydrogens is 477 g/mol. The maximum absolute atomic E-state index is 14.3. The van der Waals surface area contributed by atoms with Crippen LogP contribution in [0.4, 0.5) is 22.0 Å². The minimum absolute atomic E-state index is 0.145. The Morgan fingerprint density at radius 1 is 1.03 bits per heavy atom. The third kappa shape index (κ3) is 4.40. The highest BCUT2D eigenvalue weighted by molar-refractivity contribution is 7.18. The molecule has 3 heterocycles. The number of halogens is 5. The molecule has 0 N–H and O–H groups in total. The van der Waals surface area contributed by atoms with Crippen LogP contribution in [-0.2, 0) is 12.7 Å². The van der Waals surface area contributed by atoms with Gasteiger partial charge in [-0.25, -0.2) is 8.78 Å². The van der Waals surface area contributed by atoms with Crippen LogP contribution in [0.5, 0.6) is 0 Å². The summed E-state index contributed by atoms with van der Waals surface area (Å²) in [5.41, 5.74) is -3.50. The predicted octanol–water partition coefficient (Wildman–Crippen LogP) is 5.09. The number of hydrogen-bond acceptors (Lipinski definition) is 4. The lowest BCUT2D eigenvalue weighted by Crippen LogP contribution is -2.28. The second-order valence-electron chi connectivity index (χ2n) is 7.17. The van der Waals surface area contributed by atoms with E-state index in [9.17, 15) is 37.2 Å². The van der Waals surface area contributed by atoms with Crippen LogP contribution in [-0.4, -0.2) is 4.57 Å². The summed E-state index contributed by atoms with van der Waals surface area (Å²) in [5, 5.41) is 20.5. The lowest BCUT2D eigenvalue weighted by atomic mass is 10.1. The van der Waals surface area contributed by atoms with Gasteiger partial charge in [0.05, 0.1) is 22.7 Å². The van der Waals surface area contributed by atoms with Crippen LogP contribution in [0, 0.1) is 28.2 Å². The van der Waals surface area contributed by atoms with E-state index in [0.717, 1.165) is 28.0 Å². The summed E-state index contributed by atoms with van der Waals surface area (Å²) in [6, 6.07) is 10.7. The summed E-state index contributed by atoms with van der Waals surface area (Å²) in [6.07, 6.45) is -2.47. The van der Waals surface area contributed by atoms with Crippen molar-refractivity contribution in [1.29, 1.82) is 5.26 Å². The van der Waals surface area contributed by atoms with Gasteiger partial charge in [-0.15, -0.1) is 11.3 Å². The van der Waals surface area contributed by atoms with E-state index in [2.05, 4.69) is 0 Å². The minimum atomic E-state index is -4.99. The highest BCUT2D eigenvalue weighted by Gasteiger charge is 2.36. The van der Waals surface area contributed by atoms with E-state index in [-0.39, 0.29) is 16.1 Å². The Balaban J connectivity index is 1.93. The fourth-order valence-corrected chi connectivity index (χ4v) is 4.40. The molecule has 0 fully saturated rings. The van der Waals surface area contributed by atoms with Gasteiger partial charge in [-0.05, 0) is 24.3 Å². The molecule has 0 saturated carbocycles. The molecule has 0 unspecified atom stereocenters. The van der Waals surface area contributed by atoms with Crippen LogP contribution >= 0.6 is 11.3 Å². The SMILES string of the molecule is N#Cc1c(C(F)(F)F)cc(-c2ccc(-c3cc[n+]([O-])cc3)s2)n(Cc2ccc(F)cc2F)c1=O. The molecule has 1 aromatic carbocycles. The monoisotopic (exact) mass is 489 g/mol. The van der Waals surface area contributed by atoms with Crippen molar-refractivity contribution in [1.82, 2.24) is 4.57 Å². The number of thiophene rings is 1. The van der Waals surface area contributed by atoms with Crippen molar-refractivity contribution in [2.45, 2.75) is 12.7 Å². The molecule has 11 heteroatoms. The number of hydrogen-bond donors (Lipinski definition) is 0. The largest absolute Gasteiger partial charge is 0.619 e. The molecule has 0 radical (unpaired) electrons. The maximum atomic E-state index is 14.3. The molecule has 0 atom stereocenters. The Morgan fingerprint density at radius 2 is 1.71 bits per heavy atom. The Kier molecular flexibility index (Phi) is 5.93. The summed E-state index contributed by atoms with van der Waals surface area (Å²) in [7, 11) is 0. The molecule has 4 aromatic rings. The van der Waals surface area contributed by atoms with E-state index >= 15 is 0 Å². The third-order valence-corrected chi connectivity index (χ3v) is 6.16. The fourth-order valence-electron chi connectivity index (χ4n) is 3.37. The third-order valence-electron chi connectivity index (χ3n) is 5.01. The van der Waals surface area contributed by atoms with Gasteiger partial charge < -0.3 is 9.77 Å². The van der Waals surface area contributed by atoms with Crippen LogP contribution in [0.1, 0.15) is 16.7 Å². The first-order chi connectivity index (χ1) is 16.1. The van der Waals surface area contributed by atoms with Crippen molar-refractivity contribution in [2.24, 2.45) is 0 Å². The average Bonchev–Trinajstić information content (AvgIpc) is 3.26. The zero-order chi connectivity index (χ0) is 24.6. The molecule has 0 amide bonds. The number of alkyl halides is 3.